The molecule has 0 aliphatic carbocycles. The van der Waals surface area contributed by atoms with Gasteiger partial charge in [0.15, 0.2) is 10.8 Å². The Morgan fingerprint density at radius 1 is 1.16 bits per heavy atom. The van der Waals surface area contributed by atoms with E-state index in [-0.39, 0.29) is 11.9 Å². The highest BCUT2D eigenvalue weighted by atomic mass is 32.1. The van der Waals surface area contributed by atoms with Gasteiger partial charge in [-0.2, -0.15) is 0 Å². The van der Waals surface area contributed by atoms with E-state index in [1.54, 1.807) is 18.5 Å². The van der Waals surface area contributed by atoms with Crippen LogP contribution in [0.25, 0.3) is 10.8 Å². The molecule has 0 aliphatic heterocycles. The number of nitrogens with zero attached hydrogens (tertiary/aromatic N) is 3. The summed E-state index contributed by atoms with van der Waals surface area (Å²) in [6, 6.07) is 7.94. The third kappa shape index (κ3) is 3.74. The van der Waals surface area contributed by atoms with E-state index in [9.17, 15) is 4.79 Å². The van der Waals surface area contributed by atoms with Crippen molar-refractivity contribution in [2.24, 2.45) is 0 Å². The van der Waals surface area contributed by atoms with Crippen molar-refractivity contribution in [1.29, 1.82) is 0 Å². The van der Waals surface area contributed by atoms with E-state index in [1.807, 2.05) is 13.8 Å². The Bertz CT molecular complexity index is 905. The van der Waals surface area contributed by atoms with Gasteiger partial charge in [-0.25, -0.2) is 15.0 Å². The fourth-order valence-electron chi connectivity index (χ4n) is 2.68. The summed E-state index contributed by atoms with van der Waals surface area (Å²) in [5.41, 5.74) is 4.16. The van der Waals surface area contributed by atoms with Crippen LogP contribution in [-0.2, 0) is 0 Å². The van der Waals surface area contributed by atoms with E-state index >= 15 is 0 Å². The molecular weight excluding hydrogens is 332 g/mol. The first-order chi connectivity index (χ1) is 12.0. The third-order valence-electron chi connectivity index (χ3n) is 4.01. The van der Waals surface area contributed by atoms with Crippen LogP contribution in [0.3, 0.4) is 0 Å². The van der Waals surface area contributed by atoms with Gasteiger partial charge < -0.3 is 5.32 Å². The van der Waals surface area contributed by atoms with Crippen LogP contribution in [0.4, 0.5) is 0 Å². The molecule has 0 fully saturated rings. The lowest BCUT2D eigenvalue weighted by molar-refractivity contribution is 0.0943. The second-order valence-electron chi connectivity index (χ2n) is 6.06. The summed E-state index contributed by atoms with van der Waals surface area (Å²) in [7, 11) is 0. The van der Waals surface area contributed by atoms with Gasteiger partial charge in [0.05, 0.1) is 11.7 Å². The van der Waals surface area contributed by atoms with Crippen molar-refractivity contribution in [2.45, 2.75) is 33.7 Å². The average molecular weight is 352 g/mol. The standard InChI is InChI=1S/C19H20N4OS/c1-11-6-7-12(2)15(10-11)13(3)22-18(24)16-14(4)23-19(25-16)17-20-8-5-9-21-17/h5-10,13H,1-4H3,(H,22,24). The number of nitrogens with one attached hydrogen (secondary N) is 1. The molecule has 1 N–H and O–H groups in total. The maximum Gasteiger partial charge on any atom is 0.263 e. The fourth-order valence-corrected chi connectivity index (χ4v) is 3.60. The van der Waals surface area contributed by atoms with Gasteiger partial charge in [-0.15, -0.1) is 11.3 Å². The lowest BCUT2D eigenvalue weighted by Crippen LogP contribution is -2.27. The molecule has 0 saturated carbocycles. The zero-order valence-electron chi connectivity index (χ0n) is 14.7. The van der Waals surface area contributed by atoms with E-state index < -0.39 is 0 Å². The first-order valence-electron chi connectivity index (χ1n) is 8.08. The molecule has 0 aliphatic rings. The van der Waals surface area contributed by atoms with Crippen molar-refractivity contribution in [3.8, 4) is 10.8 Å². The molecule has 0 radical (unpaired) electrons. The van der Waals surface area contributed by atoms with Crippen molar-refractivity contribution >= 4 is 17.2 Å². The maximum absolute atomic E-state index is 12.7. The van der Waals surface area contributed by atoms with E-state index in [2.05, 4.69) is 52.3 Å². The van der Waals surface area contributed by atoms with Crippen molar-refractivity contribution in [2.75, 3.05) is 0 Å². The van der Waals surface area contributed by atoms with E-state index in [4.69, 9.17) is 0 Å². The van der Waals surface area contributed by atoms with Gasteiger partial charge in [-0.05, 0) is 44.9 Å². The van der Waals surface area contributed by atoms with E-state index in [1.165, 1.54) is 16.9 Å². The Hall–Kier alpha value is -2.60. The topological polar surface area (TPSA) is 67.8 Å². The second-order valence-corrected chi connectivity index (χ2v) is 7.06. The van der Waals surface area contributed by atoms with E-state index in [0.29, 0.717) is 21.4 Å². The van der Waals surface area contributed by atoms with Gasteiger partial charge in [-0.3, -0.25) is 4.79 Å². The average Bonchev–Trinajstić information content (AvgIpc) is 2.99. The normalized spacial score (nSPS) is 12.0. The lowest BCUT2D eigenvalue weighted by Gasteiger charge is -2.17. The summed E-state index contributed by atoms with van der Waals surface area (Å²) >= 11 is 1.32. The molecule has 128 valence electrons. The number of benzene rings is 1. The molecule has 5 nitrogen and oxygen atoms in total. The number of hydrogen-bond donors (Lipinski definition) is 1. The van der Waals surface area contributed by atoms with Gasteiger partial charge in [-0.1, -0.05) is 23.8 Å². The van der Waals surface area contributed by atoms with Crippen LogP contribution in [0.5, 0.6) is 0 Å². The number of hydrogen-bond acceptors (Lipinski definition) is 5. The molecule has 1 aromatic carbocycles. The zero-order valence-corrected chi connectivity index (χ0v) is 15.5. The number of thiazole rings is 1. The van der Waals surface area contributed by atoms with Crippen LogP contribution in [0.15, 0.2) is 36.7 Å². The largest absolute Gasteiger partial charge is 0.345 e. The monoisotopic (exact) mass is 352 g/mol. The zero-order chi connectivity index (χ0) is 18.0. The van der Waals surface area contributed by atoms with Crippen LogP contribution >= 0.6 is 11.3 Å². The summed E-state index contributed by atoms with van der Waals surface area (Å²) in [4.78, 5) is 26.1. The van der Waals surface area contributed by atoms with Gasteiger partial charge in [0, 0.05) is 12.4 Å². The smallest absolute Gasteiger partial charge is 0.263 e. The van der Waals surface area contributed by atoms with Gasteiger partial charge in [0.25, 0.3) is 5.91 Å². The molecule has 3 rings (SSSR count). The minimum atomic E-state index is -0.120. The van der Waals surface area contributed by atoms with Crippen molar-refractivity contribution in [1.82, 2.24) is 20.3 Å². The third-order valence-corrected chi connectivity index (χ3v) is 5.16. The molecule has 3 aromatic rings. The summed E-state index contributed by atoms with van der Waals surface area (Å²) in [5.74, 6) is 0.419. The molecule has 1 amide bonds. The Labute approximate surface area is 151 Å². The number of carbonyl (C=O) groups excluding carboxylic acids is 1. The number of carbonyl (C=O) groups is 1. The minimum Gasteiger partial charge on any atom is -0.345 e. The molecule has 2 heterocycles. The van der Waals surface area contributed by atoms with E-state index in [0.717, 1.165) is 11.1 Å². The maximum atomic E-state index is 12.7. The van der Waals surface area contributed by atoms with Gasteiger partial charge >= 0.3 is 0 Å². The summed E-state index contributed by atoms with van der Waals surface area (Å²) < 4.78 is 0. The fraction of sp³-hybridized carbons (Fsp3) is 0.263. The summed E-state index contributed by atoms with van der Waals surface area (Å²) in [6.45, 7) is 7.94. The first kappa shape index (κ1) is 17.2. The first-order valence-corrected chi connectivity index (χ1v) is 8.90. The van der Waals surface area contributed by atoms with Gasteiger partial charge in [0.1, 0.15) is 4.88 Å². The molecule has 6 heteroatoms. The van der Waals surface area contributed by atoms with Crippen molar-refractivity contribution < 1.29 is 4.79 Å². The molecule has 0 saturated heterocycles. The molecule has 1 unspecified atom stereocenters. The van der Waals surface area contributed by atoms with Crippen LogP contribution < -0.4 is 5.32 Å². The highest BCUT2D eigenvalue weighted by Gasteiger charge is 2.20. The number of amides is 1. The molecule has 25 heavy (non-hydrogen) atoms. The Balaban J connectivity index is 1.82. The molecule has 1 atom stereocenters. The summed E-state index contributed by atoms with van der Waals surface area (Å²) in [5, 5.41) is 3.73. The second kappa shape index (κ2) is 7.11. The van der Waals surface area contributed by atoms with Crippen LogP contribution in [-0.4, -0.2) is 20.9 Å². The number of rotatable bonds is 4. The molecule has 0 spiro atoms. The number of aryl methyl sites for hydroxylation is 3. The quantitative estimate of drug-likeness (QED) is 0.770. The van der Waals surface area contributed by atoms with Crippen LogP contribution in [0.2, 0.25) is 0 Å². The highest BCUT2D eigenvalue weighted by Crippen LogP contribution is 2.26. The molecular formula is C19H20N4OS. The molecule has 2 aromatic heterocycles. The van der Waals surface area contributed by atoms with Crippen LogP contribution in [0, 0.1) is 20.8 Å². The Kier molecular flexibility index (Phi) is 4.90. The van der Waals surface area contributed by atoms with Crippen molar-refractivity contribution in [3.05, 3.63) is 63.9 Å². The van der Waals surface area contributed by atoms with Crippen LogP contribution in [0.1, 0.15) is 45.0 Å². The molecule has 0 bridgehead atoms. The Morgan fingerprint density at radius 2 is 1.88 bits per heavy atom. The predicted molar refractivity (Wildman–Crippen MR) is 99.7 cm³/mol. The van der Waals surface area contributed by atoms with Gasteiger partial charge in [0.2, 0.25) is 0 Å². The SMILES string of the molecule is Cc1ccc(C)c(C(C)NC(=O)c2sc(-c3ncccn3)nc2C)c1. The predicted octanol–water partition coefficient (Wildman–Crippen LogP) is 4.02. The number of aromatic nitrogens is 3. The highest BCUT2D eigenvalue weighted by molar-refractivity contribution is 7.17. The lowest BCUT2D eigenvalue weighted by atomic mass is 10.00. The van der Waals surface area contributed by atoms with Crippen molar-refractivity contribution in [3.63, 3.8) is 0 Å². The Morgan fingerprint density at radius 3 is 2.60 bits per heavy atom. The minimum absolute atomic E-state index is 0.0784. The summed E-state index contributed by atoms with van der Waals surface area (Å²) in [6.07, 6.45) is 3.34.